The Kier molecular flexibility index (Phi) is 9.98. The van der Waals surface area contributed by atoms with E-state index in [9.17, 15) is 15.0 Å². The molecule has 0 aromatic heterocycles. The van der Waals surface area contributed by atoms with E-state index < -0.39 is 12.5 Å². The second kappa shape index (κ2) is 10.3. The summed E-state index contributed by atoms with van der Waals surface area (Å²) in [4.78, 5) is 12.9. The molecule has 0 saturated heterocycles. The van der Waals surface area contributed by atoms with Crippen molar-refractivity contribution >= 4 is 5.91 Å². The molecule has 0 rings (SSSR count). The van der Waals surface area contributed by atoms with Crippen LogP contribution in [0.5, 0.6) is 0 Å². The zero-order chi connectivity index (χ0) is 14.0. The first-order valence-corrected chi connectivity index (χ1v) is 7.18. The number of carbonyl (C=O) groups is 1. The van der Waals surface area contributed by atoms with Gasteiger partial charge in [-0.2, -0.15) is 0 Å². The number of carbonyl (C=O) groups excluding carboxylic acids is 1. The van der Waals surface area contributed by atoms with Crippen molar-refractivity contribution in [2.75, 3.05) is 0 Å². The first-order valence-electron chi connectivity index (χ1n) is 7.18. The summed E-state index contributed by atoms with van der Waals surface area (Å²) in [6, 6.07) is 0. The summed E-state index contributed by atoms with van der Waals surface area (Å²) >= 11 is 0. The van der Waals surface area contributed by atoms with Crippen molar-refractivity contribution in [1.29, 1.82) is 0 Å². The van der Waals surface area contributed by atoms with Crippen LogP contribution in [0.2, 0.25) is 0 Å². The molecule has 0 aromatic rings. The van der Waals surface area contributed by atoms with Gasteiger partial charge in [0.05, 0.1) is 0 Å². The fourth-order valence-electron chi connectivity index (χ4n) is 2.09. The van der Waals surface area contributed by atoms with Crippen molar-refractivity contribution < 1.29 is 15.0 Å². The molecule has 0 heterocycles. The Labute approximate surface area is 111 Å². The van der Waals surface area contributed by atoms with Crippen molar-refractivity contribution in [3.8, 4) is 0 Å². The van der Waals surface area contributed by atoms with E-state index in [1.54, 1.807) is 0 Å². The van der Waals surface area contributed by atoms with Crippen molar-refractivity contribution in [3.63, 3.8) is 0 Å². The maximum atomic E-state index is 11.8. The number of nitrogens with zero attached hydrogens (tertiary/aromatic N) is 1. The summed E-state index contributed by atoms with van der Waals surface area (Å²) in [7, 11) is 0. The average Bonchev–Trinajstić information content (AvgIpc) is 2.26. The van der Waals surface area contributed by atoms with Gasteiger partial charge in [0.15, 0.2) is 0 Å². The van der Waals surface area contributed by atoms with E-state index >= 15 is 0 Å². The van der Waals surface area contributed by atoms with Crippen LogP contribution in [0.4, 0.5) is 0 Å². The zero-order valence-corrected chi connectivity index (χ0v) is 12.1. The predicted octanol–water partition coefficient (Wildman–Crippen LogP) is 2.63. The van der Waals surface area contributed by atoms with Gasteiger partial charge in [0.1, 0.15) is 12.5 Å². The molecule has 18 heavy (non-hydrogen) atoms. The molecule has 2 N–H and O–H groups in total. The molecular formula is C14H29NO3. The van der Waals surface area contributed by atoms with Crippen LogP contribution in [0.1, 0.15) is 72.1 Å². The highest BCUT2D eigenvalue weighted by Gasteiger charge is 2.21. The molecule has 0 aliphatic rings. The molecule has 0 spiro atoms. The molecule has 4 heteroatoms. The largest absolute Gasteiger partial charge is 0.374 e. The lowest BCUT2D eigenvalue weighted by molar-refractivity contribution is -0.156. The van der Waals surface area contributed by atoms with Crippen molar-refractivity contribution in [2.24, 2.45) is 0 Å². The fourth-order valence-corrected chi connectivity index (χ4v) is 2.09. The minimum Gasteiger partial charge on any atom is -0.374 e. The van der Waals surface area contributed by atoms with Crippen LogP contribution in [0.3, 0.4) is 0 Å². The van der Waals surface area contributed by atoms with Gasteiger partial charge in [-0.05, 0) is 20.3 Å². The van der Waals surface area contributed by atoms with E-state index in [1.165, 1.54) is 39.5 Å². The maximum Gasteiger partial charge on any atom is 0.226 e. The second-order valence-electron chi connectivity index (χ2n) is 4.94. The first kappa shape index (κ1) is 17.4. The average molecular weight is 259 g/mol. The van der Waals surface area contributed by atoms with Crippen LogP contribution in [0.15, 0.2) is 0 Å². The summed E-state index contributed by atoms with van der Waals surface area (Å²) in [6.45, 7) is 5.18. The lowest BCUT2D eigenvalue weighted by Gasteiger charge is -2.28. The van der Waals surface area contributed by atoms with Crippen LogP contribution >= 0.6 is 0 Å². The van der Waals surface area contributed by atoms with E-state index in [4.69, 9.17) is 0 Å². The van der Waals surface area contributed by atoms with Crippen LogP contribution in [-0.4, -0.2) is 33.5 Å². The summed E-state index contributed by atoms with van der Waals surface area (Å²) in [5.41, 5.74) is 0. The molecule has 108 valence electrons. The van der Waals surface area contributed by atoms with Crippen LogP contribution < -0.4 is 0 Å². The predicted molar refractivity (Wildman–Crippen MR) is 72.8 cm³/mol. The SMILES string of the molecule is CCCCCCCCCC(=O)N(C(C)O)C(C)O. The molecule has 2 unspecified atom stereocenters. The highest BCUT2D eigenvalue weighted by atomic mass is 16.3. The maximum absolute atomic E-state index is 11.8. The first-order chi connectivity index (χ1) is 8.50. The quantitative estimate of drug-likeness (QED) is 0.468. The molecule has 0 saturated carbocycles. The summed E-state index contributed by atoms with van der Waals surface area (Å²) in [5, 5.41) is 18.8. The molecule has 2 atom stereocenters. The molecule has 0 fully saturated rings. The Morgan fingerprint density at radius 2 is 1.39 bits per heavy atom. The van der Waals surface area contributed by atoms with Gasteiger partial charge >= 0.3 is 0 Å². The second-order valence-corrected chi connectivity index (χ2v) is 4.94. The number of aliphatic hydroxyl groups is 2. The van der Waals surface area contributed by atoms with Gasteiger partial charge in [-0.1, -0.05) is 45.4 Å². The van der Waals surface area contributed by atoms with Crippen molar-refractivity contribution in [1.82, 2.24) is 4.90 Å². The van der Waals surface area contributed by atoms with E-state index in [-0.39, 0.29) is 5.91 Å². The van der Waals surface area contributed by atoms with E-state index in [1.807, 2.05) is 0 Å². The van der Waals surface area contributed by atoms with Crippen LogP contribution in [0, 0.1) is 0 Å². The van der Waals surface area contributed by atoms with Gasteiger partial charge in [0.2, 0.25) is 5.91 Å². The van der Waals surface area contributed by atoms with Crippen LogP contribution in [-0.2, 0) is 4.79 Å². The van der Waals surface area contributed by atoms with Gasteiger partial charge in [0, 0.05) is 6.42 Å². The topological polar surface area (TPSA) is 60.8 Å². The minimum absolute atomic E-state index is 0.173. The third-order valence-electron chi connectivity index (χ3n) is 3.09. The third kappa shape index (κ3) is 7.67. The molecule has 0 radical (unpaired) electrons. The molecular weight excluding hydrogens is 230 g/mol. The monoisotopic (exact) mass is 259 g/mol. The highest BCUT2D eigenvalue weighted by Crippen LogP contribution is 2.11. The minimum atomic E-state index is -0.929. The van der Waals surface area contributed by atoms with Crippen molar-refractivity contribution in [2.45, 2.75) is 84.6 Å². The summed E-state index contributed by atoms with van der Waals surface area (Å²) in [5.74, 6) is -0.173. The number of unbranched alkanes of at least 4 members (excludes halogenated alkanes) is 6. The number of aliphatic hydroxyl groups excluding tert-OH is 2. The van der Waals surface area contributed by atoms with Gasteiger partial charge in [-0.3, -0.25) is 9.69 Å². The van der Waals surface area contributed by atoms with Gasteiger partial charge in [-0.25, -0.2) is 0 Å². The van der Waals surface area contributed by atoms with Gasteiger partial charge in [0.25, 0.3) is 0 Å². The normalized spacial score (nSPS) is 14.3. The smallest absolute Gasteiger partial charge is 0.226 e. The Bertz CT molecular complexity index is 209. The van der Waals surface area contributed by atoms with Crippen LogP contribution in [0.25, 0.3) is 0 Å². The zero-order valence-electron chi connectivity index (χ0n) is 12.1. The number of hydrogen-bond acceptors (Lipinski definition) is 3. The number of hydrogen-bond donors (Lipinski definition) is 2. The lowest BCUT2D eigenvalue weighted by atomic mass is 10.1. The molecule has 0 aliphatic carbocycles. The van der Waals surface area contributed by atoms with E-state index in [0.717, 1.165) is 24.2 Å². The Balaban J connectivity index is 3.69. The Morgan fingerprint density at radius 1 is 0.944 bits per heavy atom. The van der Waals surface area contributed by atoms with Crippen molar-refractivity contribution in [3.05, 3.63) is 0 Å². The molecule has 0 bridgehead atoms. The molecule has 4 nitrogen and oxygen atoms in total. The highest BCUT2D eigenvalue weighted by molar-refractivity contribution is 5.76. The third-order valence-corrected chi connectivity index (χ3v) is 3.09. The van der Waals surface area contributed by atoms with Gasteiger partial charge < -0.3 is 10.2 Å². The molecule has 0 aliphatic heterocycles. The fraction of sp³-hybridized carbons (Fsp3) is 0.929. The van der Waals surface area contributed by atoms with Gasteiger partial charge in [-0.15, -0.1) is 0 Å². The summed E-state index contributed by atoms with van der Waals surface area (Å²) < 4.78 is 0. The van der Waals surface area contributed by atoms with E-state index in [2.05, 4.69) is 6.92 Å². The Hall–Kier alpha value is -0.610. The molecule has 0 aromatic carbocycles. The number of rotatable bonds is 10. The Morgan fingerprint density at radius 3 is 1.83 bits per heavy atom. The summed E-state index contributed by atoms with van der Waals surface area (Å²) in [6.07, 6.45) is 6.64. The number of amides is 1. The lowest BCUT2D eigenvalue weighted by Crippen LogP contribution is -2.44. The standard InChI is InChI=1S/C14H29NO3/c1-4-5-6-7-8-9-10-11-14(18)15(12(2)16)13(3)17/h12-13,16-17H,4-11H2,1-3H3. The van der Waals surface area contributed by atoms with E-state index in [0.29, 0.717) is 6.42 Å². The molecule has 1 amide bonds.